The summed E-state index contributed by atoms with van der Waals surface area (Å²) >= 11 is 1.78. The Bertz CT molecular complexity index is 390. The number of nitrogens with one attached hydrogen (secondary N) is 1. The van der Waals surface area contributed by atoms with Crippen LogP contribution in [0.4, 0.5) is 5.13 Å². The van der Waals surface area contributed by atoms with Crippen molar-refractivity contribution in [3.05, 3.63) is 11.1 Å². The lowest BCUT2D eigenvalue weighted by Crippen LogP contribution is -2.35. The Morgan fingerprint density at radius 3 is 3.00 bits per heavy atom. The number of rotatable bonds is 5. The van der Waals surface area contributed by atoms with Crippen LogP contribution in [0.3, 0.4) is 0 Å². The molecule has 2 rings (SSSR count). The van der Waals surface area contributed by atoms with Crippen molar-refractivity contribution < 1.29 is 0 Å². The molecule has 1 aliphatic carbocycles. The van der Waals surface area contributed by atoms with Crippen molar-refractivity contribution in [3.8, 4) is 0 Å². The van der Waals surface area contributed by atoms with E-state index in [9.17, 15) is 0 Å². The summed E-state index contributed by atoms with van der Waals surface area (Å²) in [6.07, 6.45) is 5.39. The van der Waals surface area contributed by atoms with E-state index in [2.05, 4.69) is 43.4 Å². The molecule has 0 amide bonds. The Hall–Kier alpha value is -0.610. The van der Waals surface area contributed by atoms with Gasteiger partial charge in [-0.3, -0.25) is 0 Å². The lowest BCUT2D eigenvalue weighted by atomic mass is 9.86. The fourth-order valence-electron chi connectivity index (χ4n) is 2.96. The number of hydrogen-bond acceptors (Lipinski definition) is 4. The van der Waals surface area contributed by atoms with Crippen LogP contribution in [-0.2, 0) is 0 Å². The molecule has 1 saturated carbocycles. The molecule has 0 saturated heterocycles. The zero-order chi connectivity index (χ0) is 13.8. The summed E-state index contributed by atoms with van der Waals surface area (Å²) in [5.41, 5.74) is 1.18. The van der Waals surface area contributed by atoms with Gasteiger partial charge >= 0.3 is 0 Å². The molecule has 1 aromatic rings. The van der Waals surface area contributed by atoms with Gasteiger partial charge in [-0.15, -0.1) is 11.3 Å². The third kappa shape index (κ3) is 3.69. The molecular formula is C15H27N3S. The van der Waals surface area contributed by atoms with E-state index >= 15 is 0 Å². The standard InChI is InChI=1S/C15H27N3S/c1-5-16-12(3)14-10-19-15(17-14)18(4)13-8-6-7-11(2)9-13/h10-13,16H,5-9H2,1-4H3. The first-order valence-corrected chi connectivity index (χ1v) is 8.41. The lowest BCUT2D eigenvalue weighted by molar-refractivity contribution is 0.336. The summed E-state index contributed by atoms with van der Waals surface area (Å²) in [4.78, 5) is 7.22. The molecule has 3 atom stereocenters. The van der Waals surface area contributed by atoms with Crippen LogP contribution in [0.15, 0.2) is 5.38 Å². The highest BCUT2D eigenvalue weighted by Crippen LogP contribution is 2.31. The Balaban J connectivity index is 2.01. The Morgan fingerprint density at radius 1 is 1.53 bits per heavy atom. The third-order valence-corrected chi connectivity index (χ3v) is 5.17. The summed E-state index contributed by atoms with van der Waals surface area (Å²) in [5, 5.41) is 6.81. The van der Waals surface area contributed by atoms with E-state index in [0.29, 0.717) is 12.1 Å². The van der Waals surface area contributed by atoms with Gasteiger partial charge in [0, 0.05) is 24.5 Å². The second-order valence-electron chi connectivity index (χ2n) is 5.87. The zero-order valence-electron chi connectivity index (χ0n) is 12.6. The first-order chi connectivity index (χ1) is 9.11. The predicted molar refractivity (Wildman–Crippen MR) is 84.0 cm³/mol. The van der Waals surface area contributed by atoms with Crippen molar-refractivity contribution in [2.45, 2.75) is 58.5 Å². The third-order valence-electron chi connectivity index (χ3n) is 4.22. The average molecular weight is 281 g/mol. The van der Waals surface area contributed by atoms with Gasteiger partial charge in [0.15, 0.2) is 5.13 Å². The number of nitrogens with zero attached hydrogens (tertiary/aromatic N) is 2. The summed E-state index contributed by atoms with van der Waals surface area (Å²) in [6.45, 7) is 7.69. The summed E-state index contributed by atoms with van der Waals surface area (Å²) in [6, 6.07) is 1.03. The molecule has 0 aromatic carbocycles. The smallest absolute Gasteiger partial charge is 0.185 e. The van der Waals surface area contributed by atoms with Crippen LogP contribution in [0.25, 0.3) is 0 Å². The van der Waals surface area contributed by atoms with Crippen molar-refractivity contribution >= 4 is 16.5 Å². The number of aromatic nitrogens is 1. The van der Waals surface area contributed by atoms with Crippen molar-refractivity contribution in [1.29, 1.82) is 0 Å². The SMILES string of the molecule is CCNC(C)c1csc(N(C)C2CCCC(C)C2)n1. The minimum Gasteiger partial charge on any atom is -0.348 e. The highest BCUT2D eigenvalue weighted by molar-refractivity contribution is 7.13. The molecule has 0 bridgehead atoms. The van der Waals surface area contributed by atoms with Gasteiger partial charge in [0.25, 0.3) is 0 Å². The van der Waals surface area contributed by atoms with Gasteiger partial charge in [-0.2, -0.15) is 0 Å². The lowest BCUT2D eigenvalue weighted by Gasteiger charge is -2.34. The van der Waals surface area contributed by atoms with Crippen LogP contribution in [0, 0.1) is 5.92 Å². The summed E-state index contributed by atoms with van der Waals surface area (Å²) in [7, 11) is 2.21. The summed E-state index contributed by atoms with van der Waals surface area (Å²) < 4.78 is 0. The van der Waals surface area contributed by atoms with E-state index < -0.39 is 0 Å². The molecule has 1 aliphatic rings. The Morgan fingerprint density at radius 2 is 2.32 bits per heavy atom. The van der Waals surface area contributed by atoms with Crippen LogP contribution in [-0.4, -0.2) is 24.6 Å². The first kappa shape index (κ1) is 14.8. The van der Waals surface area contributed by atoms with E-state index in [1.54, 1.807) is 11.3 Å². The van der Waals surface area contributed by atoms with Gasteiger partial charge in [0.2, 0.25) is 0 Å². The second kappa shape index (κ2) is 6.71. The minimum absolute atomic E-state index is 0.355. The highest BCUT2D eigenvalue weighted by Gasteiger charge is 2.24. The quantitative estimate of drug-likeness (QED) is 0.889. The second-order valence-corrected chi connectivity index (χ2v) is 6.71. The van der Waals surface area contributed by atoms with Crippen LogP contribution >= 0.6 is 11.3 Å². The topological polar surface area (TPSA) is 28.2 Å². The Kier molecular flexibility index (Phi) is 5.22. The van der Waals surface area contributed by atoms with Crippen molar-refractivity contribution in [2.24, 2.45) is 5.92 Å². The molecule has 1 aromatic heterocycles. The number of hydrogen-bond donors (Lipinski definition) is 1. The maximum absolute atomic E-state index is 4.81. The molecule has 0 spiro atoms. The monoisotopic (exact) mass is 281 g/mol. The van der Waals surface area contributed by atoms with Gasteiger partial charge in [-0.25, -0.2) is 4.98 Å². The van der Waals surface area contributed by atoms with Crippen LogP contribution in [0.2, 0.25) is 0 Å². The van der Waals surface area contributed by atoms with Crippen LogP contribution in [0.1, 0.15) is 58.2 Å². The molecule has 0 aliphatic heterocycles. The molecule has 4 heteroatoms. The van der Waals surface area contributed by atoms with Gasteiger partial charge < -0.3 is 10.2 Å². The molecular weight excluding hydrogens is 254 g/mol. The molecule has 1 heterocycles. The van der Waals surface area contributed by atoms with E-state index in [4.69, 9.17) is 4.98 Å². The van der Waals surface area contributed by atoms with Crippen LogP contribution in [0.5, 0.6) is 0 Å². The van der Waals surface area contributed by atoms with Gasteiger partial charge in [0.05, 0.1) is 5.69 Å². The molecule has 0 radical (unpaired) electrons. The zero-order valence-corrected chi connectivity index (χ0v) is 13.5. The fraction of sp³-hybridized carbons (Fsp3) is 0.800. The van der Waals surface area contributed by atoms with E-state index in [-0.39, 0.29) is 0 Å². The maximum atomic E-state index is 4.81. The van der Waals surface area contributed by atoms with Gasteiger partial charge in [-0.1, -0.05) is 26.7 Å². The number of thiazole rings is 1. The fourth-order valence-corrected chi connectivity index (χ4v) is 3.91. The highest BCUT2D eigenvalue weighted by atomic mass is 32.1. The van der Waals surface area contributed by atoms with Crippen molar-refractivity contribution in [1.82, 2.24) is 10.3 Å². The molecule has 1 N–H and O–H groups in total. The van der Waals surface area contributed by atoms with E-state index in [1.807, 2.05) is 0 Å². The van der Waals surface area contributed by atoms with E-state index in [0.717, 1.165) is 12.5 Å². The summed E-state index contributed by atoms with van der Waals surface area (Å²) in [5.74, 6) is 0.862. The maximum Gasteiger partial charge on any atom is 0.185 e. The largest absolute Gasteiger partial charge is 0.348 e. The first-order valence-electron chi connectivity index (χ1n) is 7.53. The normalized spacial score (nSPS) is 25.3. The average Bonchev–Trinajstić information content (AvgIpc) is 2.88. The van der Waals surface area contributed by atoms with Crippen molar-refractivity contribution in [2.75, 3.05) is 18.5 Å². The van der Waals surface area contributed by atoms with Gasteiger partial charge in [0.1, 0.15) is 0 Å². The Labute approximate surface area is 121 Å². The molecule has 3 unspecified atom stereocenters. The van der Waals surface area contributed by atoms with Crippen molar-refractivity contribution in [3.63, 3.8) is 0 Å². The van der Waals surface area contributed by atoms with E-state index in [1.165, 1.54) is 36.5 Å². The molecule has 108 valence electrons. The predicted octanol–water partition coefficient (Wildman–Crippen LogP) is 3.83. The van der Waals surface area contributed by atoms with Crippen LogP contribution < -0.4 is 10.2 Å². The molecule has 19 heavy (non-hydrogen) atoms. The number of anilines is 1. The minimum atomic E-state index is 0.355. The van der Waals surface area contributed by atoms with Gasteiger partial charge in [-0.05, 0) is 32.2 Å². The molecule has 1 fully saturated rings. The molecule has 3 nitrogen and oxygen atoms in total.